The largest absolute Gasteiger partial charge is 0.381 e. The van der Waals surface area contributed by atoms with Gasteiger partial charge < -0.3 is 10.1 Å². The van der Waals surface area contributed by atoms with Gasteiger partial charge in [-0.1, -0.05) is 12.1 Å². The topological polar surface area (TPSA) is 62.9 Å². The third-order valence-corrected chi connectivity index (χ3v) is 3.67. The second-order valence-corrected chi connectivity index (χ2v) is 4.94. The molecular weight excluding hydrogens is 264 g/mol. The third-order valence-electron chi connectivity index (χ3n) is 3.67. The summed E-state index contributed by atoms with van der Waals surface area (Å²) in [4.78, 5) is 0. The average Bonchev–Trinajstić information content (AvgIpc) is 3.11. The summed E-state index contributed by atoms with van der Waals surface area (Å²) in [5.41, 5.74) is 3.78. The molecule has 5 nitrogen and oxygen atoms in total. The number of nitrogens with one attached hydrogen (secondary N) is 1. The van der Waals surface area contributed by atoms with E-state index in [0.717, 1.165) is 43.2 Å². The van der Waals surface area contributed by atoms with Crippen LogP contribution in [-0.4, -0.2) is 29.5 Å². The zero-order chi connectivity index (χ0) is 14.7. The Balaban J connectivity index is 2.00. The van der Waals surface area contributed by atoms with E-state index in [-0.39, 0.29) is 0 Å². The zero-order valence-electron chi connectivity index (χ0n) is 12.1. The van der Waals surface area contributed by atoms with Crippen LogP contribution in [0, 0.1) is 11.3 Å². The van der Waals surface area contributed by atoms with Crippen molar-refractivity contribution in [1.29, 1.82) is 5.26 Å². The van der Waals surface area contributed by atoms with Crippen LogP contribution in [0.25, 0.3) is 5.69 Å². The molecule has 5 heteroatoms. The number of rotatable bonds is 5. The lowest BCUT2D eigenvalue weighted by Gasteiger charge is -2.07. The average molecular weight is 282 g/mol. The summed E-state index contributed by atoms with van der Waals surface area (Å²) in [6.07, 6.45) is 1.78. The van der Waals surface area contributed by atoms with Crippen molar-refractivity contribution < 1.29 is 4.74 Å². The van der Waals surface area contributed by atoms with Gasteiger partial charge in [-0.25, -0.2) is 4.68 Å². The van der Waals surface area contributed by atoms with Crippen LogP contribution in [0.2, 0.25) is 0 Å². The number of para-hydroxylation sites is 1. The summed E-state index contributed by atoms with van der Waals surface area (Å²) in [6, 6.07) is 9.78. The predicted octanol–water partition coefficient (Wildman–Crippen LogP) is 2.29. The van der Waals surface area contributed by atoms with Crippen molar-refractivity contribution in [3.05, 3.63) is 41.1 Å². The minimum absolute atomic E-state index is 0.632. The molecule has 0 fully saturated rings. The molecule has 3 rings (SSSR count). The number of nitrogens with zero attached hydrogens (tertiary/aromatic N) is 3. The van der Waals surface area contributed by atoms with Gasteiger partial charge in [0.25, 0.3) is 0 Å². The van der Waals surface area contributed by atoms with Gasteiger partial charge in [0.05, 0.1) is 23.6 Å². The van der Waals surface area contributed by atoms with Crippen LogP contribution in [-0.2, 0) is 17.6 Å². The van der Waals surface area contributed by atoms with Gasteiger partial charge in [-0.05, 0) is 25.5 Å². The Labute approximate surface area is 124 Å². The smallest absolute Gasteiger partial charge is 0.133 e. The van der Waals surface area contributed by atoms with Crippen LogP contribution in [0.5, 0.6) is 0 Å². The van der Waals surface area contributed by atoms with Crippen molar-refractivity contribution in [2.24, 2.45) is 0 Å². The molecule has 0 spiro atoms. The molecule has 0 atom stereocenters. The first kappa shape index (κ1) is 13.7. The Kier molecular flexibility index (Phi) is 3.89. The molecule has 21 heavy (non-hydrogen) atoms. The van der Waals surface area contributed by atoms with Crippen molar-refractivity contribution in [3.8, 4) is 11.8 Å². The van der Waals surface area contributed by atoms with Crippen molar-refractivity contribution in [1.82, 2.24) is 9.78 Å². The SMILES string of the molecule is CCOCCc1nn(-c2ccccc2C#N)c2c1CCN2. The molecule has 0 aliphatic carbocycles. The van der Waals surface area contributed by atoms with Gasteiger partial charge in [-0.2, -0.15) is 10.4 Å². The second kappa shape index (κ2) is 5.98. The Morgan fingerprint density at radius 3 is 3.10 bits per heavy atom. The fourth-order valence-electron chi connectivity index (χ4n) is 2.69. The summed E-state index contributed by atoms with van der Waals surface area (Å²) in [7, 11) is 0. The van der Waals surface area contributed by atoms with E-state index in [9.17, 15) is 5.26 Å². The molecule has 108 valence electrons. The maximum Gasteiger partial charge on any atom is 0.133 e. The van der Waals surface area contributed by atoms with Gasteiger partial charge in [-0.3, -0.25) is 0 Å². The van der Waals surface area contributed by atoms with E-state index in [0.29, 0.717) is 12.2 Å². The van der Waals surface area contributed by atoms with Crippen molar-refractivity contribution in [3.63, 3.8) is 0 Å². The summed E-state index contributed by atoms with van der Waals surface area (Å²) >= 11 is 0. The van der Waals surface area contributed by atoms with Gasteiger partial charge >= 0.3 is 0 Å². The number of ether oxygens (including phenoxy) is 1. The molecule has 1 aliphatic heterocycles. The first-order valence-corrected chi connectivity index (χ1v) is 7.27. The number of fused-ring (bicyclic) bond motifs is 1. The molecule has 0 saturated heterocycles. The molecular formula is C16H18N4O. The Morgan fingerprint density at radius 2 is 2.29 bits per heavy atom. The molecule has 2 aromatic rings. The highest BCUT2D eigenvalue weighted by atomic mass is 16.5. The minimum Gasteiger partial charge on any atom is -0.381 e. The van der Waals surface area contributed by atoms with Crippen molar-refractivity contribution in [2.45, 2.75) is 19.8 Å². The van der Waals surface area contributed by atoms with Crippen LogP contribution in [0.1, 0.15) is 23.7 Å². The van der Waals surface area contributed by atoms with Gasteiger partial charge in [0.2, 0.25) is 0 Å². The van der Waals surface area contributed by atoms with Crippen molar-refractivity contribution >= 4 is 5.82 Å². The molecule has 0 unspecified atom stereocenters. The van der Waals surface area contributed by atoms with E-state index in [1.54, 1.807) is 0 Å². The normalized spacial score (nSPS) is 12.8. The highest BCUT2D eigenvalue weighted by Gasteiger charge is 2.23. The molecule has 0 bridgehead atoms. The minimum atomic E-state index is 0.632. The van der Waals surface area contributed by atoms with Gasteiger partial charge in [-0.15, -0.1) is 0 Å². The summed E-state index contributed by atoms with van der Waals surface area (Å²) < 4.78 is 7.30. The molecule has 1 aromatic heterocycles. The van der Waals surface area contributed by atoms with E-state index in [4.69, 9.17) is 9.84 Å². The molecule has 1 N–H and O–H groups in total. The van der Waals surface area contributed by atoms with E-state index in [1.807, 2.05) is 35.9 Å². The Morgan fingerprint density at radius 1 is 1.43 bits per heavy atom. The first-order chi connectivity index (χ1) is 10.3. The Hall–Kier alpha value is -2.32. The van der Waals surface area contributed by atoms with Gasteiger partial charge in [0.15, 0.2) is 0 Å². The Bertz CT molecular complexity index is 684. The van der Waals surface area contributed by atoms with E-state index in [1.165, 1.54) is 5.56 Å². The number of aromatic nitrogens is 2. The molecule has 0 radical (unpaired) electrons. The van der Waals surface area contributed by atoms with Gasteiger partial charge in [0, 0.05) is 25.1 Å². The highest BCUT2D eigenvalue weighted by molar-refractivity contribution is 5.60. The van der Waals surface area contributed by atoms with E-state index >= 15 is 0 Å². The summed E-state index contributed by atoms with van der Waals surface area (Å²) in [5, 5.41) is 17.4. The molecule has 2 heterocycles. The number of hydrogen-bond acceptors (Lipinski definition) is 4. The lowest BCUT2D eigenvalue weighted by molar-refractivity contribution is 0.150. The first-order valence-electron chi connectivity index (χ1n) is 7.27. The number of benzene rings is 1. The van der Waals surface area contributed by atoms with Crippen LogP contribution >= 0.6 is 0 Å². The molecule has 1 aliphatic rings. The predicted molar refractivity (Wildman–Crippen MR) is 80.7 cm³/mol. The monoisotopic (exact) mass is 282 g/mol. The highest BCUT2D eigenvalue weighted by Crippen LogP contribution is 2.29. The maximum absolute atomic E-state index is 9.28. The van der Waals surface area contributed by atoms with E-state index in [2.05, 4.69) is 11.4 Å². The molecule has 0 saturated carbocycles. The lowest BCUT2D eigenvalue weighted by Crippen LogP contribution is -2.07. The van der Waals surface area contributed by atoms with E-state index < -0.39 is 0 Å². The summed E-state index contributed by atoms with van der Waals surface area (Å²) in [5.74, 6) is 1.02. The summed E-state index contributed by atoms with van der Waals surface area (Å²) in [6.45, 7) is 4.32. The van der Waals surface area contributed by atoms with Crippen LogP contribution in [0.15, 0.2) is 24.3 Å². The number of anilines is 1. The van der Waals surface area contributed by atoms with Crippen LogP contribution < -0.4 is 5.32 Å². The fourth-order valence-corrected chi connectivity index (χ4v) is 2.69. The molecule has 1 aromatic carbocycles. The number of hydrogen-bond donors (Lipinski definition) is 1. The number of nitriles is 1. The third kappa shape index (κ3) is 2.50. The van der Waals surface area contributed by atoms with Gasteiger partial charge in [0.1, 0.15) is 11.9 Å². The standard InChI is InChI=1S/C16H18N4O/c1-2-21-10-8-14-13-7-9-18-16(13)20(19-14)15-6-4-3-5-12(15)11-17/h3-6,18H,2,7-10H2,1H3. The molecule has 0 amide bonds. The van der Waals surface area contributed by atoms with Crippen LogP contribution in [0.3, 0.4) is 0 Å². The quantitative estimate of drug-likeness (QED) is 0.855. The van der Waals surface area contributed by atoms with Crippen LogP contribution in [0.4, 0.5) is 5.82 Å². The van der Waals surface area contributed by atoms with Crippen molar-refractivity contribution in [2.75, 3.05) is 25.1 Å². The lowest BCUT2D eigenvalue weighted by atomic mass is 10.1. The maximum atomic E-state index is 9.28. The zero-order valence-corrected chi connectivity index (χ0v) is 12.1. The fraction of sp³-hybridized carbons (Fsp3) is 0.375. The second-order valence-electron chi connectivity index (χ2n) is 4.94.